The summed E-state index contributed by atoms with van der Waals surface area (Å²) >= 11 is 3.17. The zero-order valence-corrected chi connectivity index (χ0v) is 14.0. The molecule has 0 aliphatic carbocycles. The summed E-state index contributed by atoms with van der Waals surface area (Å²) in [4.78, 5) is 0. The number of methoxy groups -OCH3 is 1. The summed E-state index contributed by atoms with van der Waals surface area (Å²) < 4.78 is 45.8. The SMILES string of the molecule is COc1ccccc1C1CCc2cc(Br)cc(C(F)(F)F)c2N1. The highest BCUT2D eigenvalue weighted by Gasteiger charge is 2.37. The summed E-state index contributed by atoms with van der Waals surface area (Å²) in [6.45, 7) is 0. The number of hydrogen-bond donors (Lipinski definition) is 1. The van der Waals surface area contributed by atoms with Crippen LogP contribution in [0.2, 0.25) is 0 Å². The Morgan fingerprint density at radius 3 is 2.65 bits per heavy atom. The molecule has 1 heterocycles. The maximum atomic E-state index is 13.3. The Bertz CT molecular complexity index is 730. The third kappa shape index (κ3) is 3.17. The molecule has 23 heavy (non-hydrogen) atoms. The highest BCUT2D eigenvalue weighted by molar-refractivity contribution is 9.10. The standard InChI is InChI=1S/C17H15BrF3NO/c1-23-15-5-3-2-4-12(15)14-7-6-10-8-11(18)9-13(16(10)22-14)17(19,20)21/h2-5,8-9,14,22H,6-7H2,1H3. The summed E-state index contributed by atoms with van der Waals surface area (Å²) in [6.07, 6.45) is -3.11. The van der Waals surface area contributed by atoms with E-state index in [1.54, 1.807) is 13.2 Å². The monoisotopic (exact) mass is 385 g/mol. The first-order chi connectivity index (χ1) is 10.9. The number of para-hydroxylation sites is 1. The number of rotatable bonds is 2. The molecule has 0 spiro atoms. The highest BCUT2D eigenvalue weighted by atomic mass is 79.9. The zero-order chi connectivity index (χ0) is 16.6. The lowest BCUT2D eigenvalue weighted by Crippen LogP contribution is -2.22. The fraction of sp³-hybridized carbons (Fsp3) is 0.294. The molecule has 3 rings (SSSR count). The highest BCUT2D eigenvalue weighted by Crippen LogP contribution is 2.44. The third-order valence-corrected chi connectivity index (χ3v) is 4.48. The van der Waals surface area contributed by atoms with Crippen molar-refractivity contribution >= 4 is 21.6 Å². The van der Waals surface area contributed by atoms with Gasteiger partial charge in [-0.3, -0.25) is 0 Å². The summed E-state index contributed by atoms with van der Waals surface area (Å²) in [5.41, 5.74) is 1.08. The van der Waals surface area contributed by atoms with E-state index in [-0.39, 0.29) is 11.7 Å². The Kier molecular flexibility index (Phi) is 4.27. The van der Waals surface area contributed by atoms with Crippen molar-refractivity contribution in [1.29, 1.82) is 0 Å². The van der Waals surface area contributed by atoms with Crippen molar-refractivity contribution < 1.29 is 17.9 Å². The summed E-state index contributed by atoms with van der Waals surface area (Å²) in [5, 5.41) is 3.07. The Hall–Kier alpha value is -1.69. The first kappa shape index (κ1) is 16.2. The largest absolute Gasteiger partial charge is 0.496 e. The lowest BCUT2D eigenvalue weighted by atomic mass is 9.91. The molecule has 2 nitrogen and oxygen atoms in total. The van der Waals surface area contributed by atoms with Gasteiger partial charge in [-0.05, 0) is 36.6 Å². The van der Waals surface area contributed by atoms with Crippen LogP contribution in [0, 0.1) is 0 Å². The van der Waals surface area contributed by atoms with Crippen molar-refractivity contribution in [3.05, 3.63) is 57.6 Å². The molecule has 122 valence electrons. The second-order valence-electron chi connectivity index (χ2n) is 5.46. The molecule has 0 amide bonds. The molecular formula is C17H15BrF3NO. The fourth-order valence-electron chi connectivity index (χ4n) is 2.99. The number of nitrogens with one attached hydrogen (secondary N) is 1. The number of alkyl halides is 3. The molecule has 0 radical (unpaired) electrons. The van der Waals surface area contributed by atoms with Crippen LogP contribution in [0.4, 0.5) is 18.9 Å². The Labute approximate surface area is 140 Å². The third-order valence-electron chi connectivity index (χ3n) is 4.03. The van der Waals surface area contributed by atoms with Gasteiger partial charge in [0.05, 0.1) is 24.4 Å². The van der Waals surface area contributed by atoms with Gasteiger partial charge >= 0.3 is 6.18 Å². The van der Waals surface area contributed by atoms with E-state index in [2.05, 4.69) is 21.2 Å². The normalized spacial score (nSPS) is 17.3. The van der Waals surface area contributed by atoms with Crippen molar-refractivity contribution in [2.45, 2.75) is 25.1 Å². The van der Waals surface area contributed by atoms with Gasteiger partial charge in [-0.1, -0.05) is 34.1 Å². The average molecular weight is 386 g/mol. The number of hydrogen-bond acceptors (Lipinski definition) is 2. The number of anilines is 1. The van der Waals surface area contributed by atoms with Crippen LogP contribution >= 0.6 is 15.9 Å². The molecule has 0 saturated carbocycles. The second kappa shape index (κ2) is 6.07. The second-order valence-corrected chi connectivity index (χ2v) is 6.38. The van der Waals surface area contributed by atoms with Crippen LogP contribution < -0.4 is 10.1 Å². The molecule has 1 aliphatic rings. The first-order valence-electron chi connectivity index (χ1n) is 7.19. The molecule has 1 unspecified atom stereocenters. The van der Waals surface area contributed by atoms with Gasteiger partial charge < -0.3 is 10.1 Å². The lowest BCUT2D eigenvalue weighted by molar-refractivity contribution is -0.137. The van der Waals surface area contributed by atoms with Gasteiger partial charge in [-0.15, -0.1) is 0 Å². The maximum Gasteiger partial charge on any atom is 0.418 e. The van der Waals surface area contributed by atoms with Crippen molar-refractivity contribution in [1.82, 2.24) is 0 Å². The van der Waals surface area contributed by atoms with Crippen molar-refractivity contribution in [2.24, 2.45) is 0 Å². The van der Waals surface area contributed by atoms with Crippen molar-refractivity contribution in [3.8, 4) is 5.75 Å². The quantitative estimate of drug-likeness (QED) is 0.728. The molecule has 6 heteroatoms. The molecule has 0 saturated heterocycles. The van der Waals surface area contributed by atoms with E-state index < -0.39 is 11.7 Å². The van der Waals surface area contributed by atoms with E-state index in [0.717, 1.165) is 11.6 Å². The molecule has 0 fully saturated rings. The number of halogens is 4. The van der Waals surface area contributed by atoms with E-state index in [0.29, 0.717) is 28.6 Å². The van der Waals surface area contributed by atoms with Crippen molar-refractivity contribution in [3.63, 3.8) is 0 Å². The van der Waals surface area contributed by atoms with E-state index in [9.17, 15) is 13.2 Å². The van der Waals surface area contributed by atoms with Crippen LogP contribution in [-0.2, 0) is 12.6 Å². The molecular weight excluding hydrogens is 371 g/mol. The Morgan fingerprint density at radius 2 is 1.96 bits per heavy atom. The van der Waals surface area contributed by atoms with E-state index in [4.69, 9.17) is 4.74 Å². The van der Waals surface area contributed by atoms with Gasteiger partial charge in [0, 0.05) is 10.0 Å². The van der Waals surface area contributed by atoms with Gasteiger partial charge in [-0.2, -0.15) is 13.2 Å². The van der Waals surface area contributed by atoms with Crippen LogP contribution in [0.1, 0.15) is 29.2 Å². The van der Waals surface area contributed by atoms with Crippen LogP contribution in [0.3, 0.4) is 0 Å². The predicted octanol–water partition coefficient (Wildman–Crippen LogP) is 5.58. The van der Waals surface area contributed by atoms with Gasteiger partial charge in [0.25, 0.3) is 0 Å². The van der Waals surface area contributed by atoms with Crippen LogP contribution in [0.25, 0.3) is 0 Å². The summed E-state index contributed by atoms with van der Waals surface area (Å²) in [6, 6.07) is 10.1. The van der Waals surface area contributed by atoms with E-state index in [1.165, 1.54) is 0 Å². The topological polar surface area (TPSA) is 21.3 Å². The van der Waals surface area contributed by atoms with Crippen LogP contribution in [-0.4, -0.2) is 7.11 Å². The van der Waals surface area contributed by atoms with E-state index >= 15 is 0 Å². The molecule has 1 aliphatic heterocycles. The first-order valence-corrected chi connectivity index (χ1v) is 7.98. The van der Waals surface area contributed by atoms with Crippen LogP contribution in [0.15, 0.2) is 40.9 Å². The smallest absolute Gasteiger partial charge is 0.418 e. The summed E-state index contributed by atoms with van der Waals surface area (Å²) in [5.74, 6) is 0.680. The van der Waals surface area contributed by atoms with Crippen LogP contribution in [0.5, 0.6) is 5.75 Å². The number of aryl methyl sites for hydroxylation is 1. The number of ether oxygens (including phenoxy) is 1. The molecule has 0 bridgehead atoms. The number of fused-ring (bicyclic) bond motifs is 1. The average Bonchev–Trinajstić information content (AvgIpc) is 2.52. The molecule has 1 N–H and O–H groups in total. The predicted molar refractivity (Wildman–Crippen MR) is 86.8 cm³/mol. The minimum absolute atomic E-state index is 0.169. The van der Waals surface area contributed by atoms with Gasteiger partial charge in [-0.25, -0.2) is 0 Å². The Morgan fingerprint density at radius 1 is 1.22 bits per heavy atom. The maximum absolute atomic E-state index is 13.3. The summed E-state index contributed by atoms with van der Waals surface area (Å²) in [7, 11) is 1.56. The molecule has 2 aromatic rings. The lowest BCUT2D eigenvalue weighted by Gasteiger charge is -2.30. The molecule has 0 aromatic heterocycles. The molecule has 1 atom stereocenters. The van der Waals surface area contributed by atoms with Gasteiger partial charge in [0.1, 0.15) is 5.75 Å². The van der Waals surface area contributed by atoms with Gasteiger partial charge in [0.2, 0.25) is 0 Å². The zero-order valence-electron chi connectivity index (χ0n) is 12.4. The Balaban J connectivity index is 2.03. The van der Waals surface area contributed by atoms with Gasteiger partial charge in [0.15, 0.2) is 0 Å². The van der Waals surface area contributed by atoms with E-state index in [1.807, 2.05) is 24.3 Å². The minimum atomic E-state index is -4.40. The van der Waals surface area contributed by atoms with Crippen molar-refractivity contribution in [2.75, 3.05) is 12.4 Å². The minimum Gasteiger partial charge on any atom is -0.496 e. The molecule has 2 aromatic carbocycles. The number of benzene rings is 2. The fourth-order valence-corrected chi connectivity index (χ4v) is 3.49.